The van der Waals surface area contributed by atoms with Gasteiger partial charge in [0, 0.05) is 3.92 Å². The fourth-order valence-corrected chi connectivity index (χ4v) is 2.73. The van der Waals surface area contributed by atoms with Crippen molar-refractivity contribution in [2.75, 3.05) is 0 Å². The van der Waals surface area contributed by atoms with E-state index in [9.17, 15) is 0 Å². The molecule has 2 heteroatoms. The molecule has 0 radical (unpaired) electrons. The van der Waals surface area contributed by atoms with E-state index in [1.807, 2.05) is 0 Å². The minimum absolute atomic E-state index is 0.505. The Morgan fingerprint density at radius 2 is 2.00 bits per heavy atom. The molecule has 0 aliphatic heterocycles. The molecular formula is C10H19IO. The van der Waals surface area contributed by atoms with Gasteiger partial charge in [-0.3, -0.25) is 0 Å². The van der Waals surface area contributed by atoms with Gasteiger partial charge >= 0.3 is 0 Å². The number of hydrogen-bond acceptors (Lipinski definition) is 1. The van der Waals surface area contributed by atoms with Gasteiger partial charge in [0.15, 0.2) is 0 Å². The molecule has 0 bridgehead atoms. The Morgan fingerprint density at radius 1 is 1.33 bits per heavy atom. The molecule has 0 saturated heterocycles. The zero-order valence-electron chi connectivity index (χ0n) is 8.05. The van der Waals surface area contributed by atoms with E-state index < -0.39 is 0 Å². The molecule has 0 aromatic rings. The first-order chi connectivity index (χ1) is 5.77. The zero-order valence-corrected chi connectivity index (χ0v) is 10.2. The van der Waals surface area contributed by atoms with Crippen LogP contribution in [0.25, 0.3) is 0 Å². The SMILES string of the molecule is CCC(CC)OC1CCCC1I. The van der Waals surface area contributed by atoms with Crippen molar-refractivity contribution in [1.82, 2.24) is 0 Å². The van der Waals surface area contributed by atoms with Crippen LogP contribution in [0.15, 0.2) is 0 Å². The lowest BCUT2D eigenvalue weighted by molar-refractivity contribution is -0.00685. The molecule has 72 valence electrons. The molecular weight excluding hydrogens is 263 g/mol. The summed E-state index contributed by atoms with van der Waals surface area (Å²) in [6, 6.07) is 0. The zero-order chi connectivity index (χ0) is 8.97. The molecule has 0 heterocycles. The van der Waals surface area contributed by atoms with Crippen LogP contribution in [0, 0.1) is 0 Å². The van der Waals surface area contributed by atoms with Gasteiger partial charge in [-0.15, -0.1) is 0 Å². The fraction of sp³-hybridized carbons (Fsp3) is 1.00. The van der Waals surface area contributed by atoms with Crippen molar-refractivity contribution in [3.05, 3.63) is 0 Å². The van der Waals surface area contributed by atoms with Crippen LogP contribution in [0.4, 0.5) is 0 Å². The molecule has 2 atom stereocenters. The maximum absolute atomic E-state index is 6.01. The highest BCUT2D eigenvalue weighted by molar-refractivity contribution is 14.1. The summed E-state index contributed by atoms with van der Waals surface area (Å²) in [5, 5.41) is 0. The minimum atomic E-state index is 0.505. The Labute approximate surface area is 89.4 Å². The second-order valence-corrected chi connectivity index (χ2v) is 5.16. The van der Waals surface area contributed by atoms with E-state index in [4.69, 9.17) is 4.74 Å². The summed E-state index contributed by atoms with van der Waals surface area (Å²) >= 11 is 2.54. The molecule has 2 unspecified atom stereocenters. The van der Waals surface area contributed by atoms with Crippen LogP contribution < -0.4 is 0 Å². The van der Waals surface area contributed by atoms with Gasteiger partial charge in [-0.05, 0) is 32.1 Å². The maximum atomic E-state index is 6.01. The van der Waals surface area contributed by atoms with Gasteiger partial charge in [0.2, 0.25) is 0 Å². The summed E-state index contributed by atoms with van der Waals surface area (Å²) in [7, 11) is 0. The lowest BCUT2D eigenvalue weighted by Gasteiger charge is -2.21. The third-order valence-corrected chi connectivity index (χ3v) is 4.07. The average Bonchev–Trinajstić information content (AvgIpc) is 2.47. The molecule has 12 heavy (non-hydrogen) atoms. The van der Waals surface area contributed by atoms with E-state index in [1.54, 1.807) is 0 Å². The van der Waals surface area contributed by atoms with Gasteiger partial charge in [0.05, 0.1) is 12.2 Å². The Bertz CT molecular complexity index is 123. The summed E-state index contributed by atoms with van der Waals surface area (Å²) in [5.41, 5.74) is 0. The summed E-state index contributed by atoms with van der Waals surface area (Å²) in [5.74, 6) is 0. The van der Waals surface area contributed by atoms with Gasteiger partial charge in [-0.25, -0.2) is 0 Å². The summed E-state index contributed by atoms with van der Waals surface area (Å²) in [4.78, 5) is 0. The monoisotopic (exact) mass is 282 g/mol. The normalized spacial score (nSPS) is 30.0. The van der Waals surface area contributed by atoms with Crippen LogP contribution in [-0.2, 0) is 4.74 Å². The second kappa shape index (κ2) is 5.43. The summed E-state index contributed by atoms with van der Waals surface area (Å²) in [6.45, 7) is 4.43. The van der Waals surface area contributed by atoms with E-state index in [2.05, 4.69) is 36.4 Å². The van der Waals surface area contributed by atoms with Crippen molar-refractivity contribution in [2.45, 2.75) is 62.1 Å². The van der Waals surface area contributed by atoms with E-state index in [-0.39, 0.29) is 0 Å². The van der Waals surface area contributed by atoms with Gasteiger partial charge in [-0.1, -0.05) is 36.4 Å². The van der Waals surface area contributed by atoms with Crippen LogP contribution in [0.1, 0.15) is 46.0 Å². The first-order valence-electron chi connectivity index (χ1n) is 5.07. The van der Waals surface area contributed by atoms with E-state index >= 15 is 0 Å². The molecule has 1 rings (SSSR count). The Hall–Kier alpha value is 0.690. The maximum Gasteiger partial charge on any atom is 0.0696 e. The molecule has 1 aliphatic carbocycles. The van der Waals surface area contributed by atoms with Crippen LogP contribution in [0.5, 0.6) is 0 Å². The smallest absolute Gasteiger partial charge is 0.0696 e. The second-order valence-electron chi connectivity index (χ2n) is 3.56. The van der Waals surface area contributed by atoms with Crippen LogP contribution in [-0.4, -0.2) is 16.1 Å². The van der Waals surface area contributed by atoms with Gasteiger partial charge in [0.1, 0.15) is 0 Å². The highest BCUT2D eigenvalue weighted by Crippen LogP contribution is 2.30. The lowest BCUT2D eigenvalue weighted by Crippen LogP contribution is -2.24. The average molecular weight is 282 g/mol. The molecule has 1 aliphatic rings. The third-order valence-electron chi connectivity index (χ3n) is 2.65. The molecule has 1 nitrogen and oxygen atoms in total. The van der Waals surface area contributed by atoms with Crippen molar-refractivity contribution in [2.24, 2.45) is 0 Å². The van der Waals surface area contributed by atoms with Crippen LogP contribution in [0.3, 0.4) is 0 Å². The first kappa shape index (κ1) is 10.8. The van der Waals surface area contributed by atoms with Crippen LogP contribution >= 0.6 is 22.6 Å². The molecule has 0 aromatic heterocycles. The molecule has 0 aromatic carbocycles. The van der Waals surface area contributed by atoms with E-state index in [0.717, 1.165) is 16.8 Å². The predicted octanol–water partition coefficient (Wildman–Crippen LogP) is 3.55. The topological polar surface area (TPSA) is 9.23 Å². The van der Waals surface area contributed by atoms with E-state index in [1.165, 1.54) is 19.3 Å². The largest absolute Gasteiger partial charge is 0.374 e. The highest BCUT2D eigenvalue weighted by Gasteiger charge is 2.27. The lowest BCUT2D eigenvalue weighted by atomic mass is 10.2. The summed E-state index contributed by atoms with van der Waals surface area (Å²) < 4.78 is 6.78. The van der Waals surface area contributed by atoms with Gasteiger partial charge in [0.25, 0.3) is 0 Å². The van der Waals surface area contributed by atoms with Crippen molar-refractivity contribution in [3.8, 4) is 0 Å². The Morgan fingerprint density at radius 3 is 2.42 bits per heavy atom. The summed E-state index contributed by atoms with van der Waals surface area (Å²) in [6.07, 6.45) is 7.38. The molecule has 0 spiro atoms. The Kier molecular flexibility index (Phi) is 4.87. The van der Waals surface area contributed by atoms with Crippen molar-refractivity contribution in [1.29, 1.82) is 0 Å². The Balaban J connectivity index is 2.28. The first-order valence-corrected chi connectivity index (χ1v) is 6.32. The minimum Gasteiger partial charge on any atom is -0.374 e. The van der Waals surface area contributed by atoms with Gasteiger partial charge < -0.3 is 4.74 Å². The van der Waals surface area contributed by atoms with Crippen molar-refractivity contribution < 1.29 is 4.74 Å². The number of ether oxygens (including phenoxy) is 1. The number of alkyl halides is 1. The molecule has 0 amide bonds. The standard InChI is InChI=1S/C10H19IO/c1-3-8(4-2)12-10-7-5-6-9(10)11/h8-10H,3-7H2,1-2H3. The van der Waals surface area contributed by atoms with Crippen LogP contribution in [0.2, 0.25) is 0 Å². The third kappa shape index (κ3) is 2.87. The number of hydrogen-bond donors (Lipinski definition) is 0. The fourth-order valence-electron chi connectivity index (χ4n) is 1.76. The van der Waals surface area contributed by atoms with Gasteiger partial charge in [-0.2, -0.15) is 0 Å². The molecule has 1 saturated carbocycles. The number of halogens is 1. The molecule has 0 N–H and O–H groups in total. The van der Waals surface area contributed by atoms with E-state index in [0.29, 0.717) is 12.2 Å². The van der Waals surface area contributed by atoms with Crippen molar-refractivity contribution >= 4 is 22.6 Å². The van der Waals surface area contributed by atoms with Crippen molar-refractivity contribution in [3.63, 3.8) is 0 Å². The number of rotatable bonds is 4. The predicted molar refractivity (Wildman–Crippen MR) is 60.9 cm³/mol. The molecule has 1 fully saturated rings. The highest BCUT2D eigenvalue weighted by atomic mass is 127. The quantitative estimate of drug-likeness (QED) is 0.566.